The first kappa shape index (κ1) is 19.4. The number of piperazine rings is 1. The van der Waals surface area contributed by atoms with Crippen LogP contribution in [0.5, 0.6) is 0 Å². The molecule has 0 bridgehead atoms. The number of nitrogens with zero attached hydrogens (tertiary/aromatic N) is 3. The number of carbonyl (C=O) groups is 2. The summed E-state index contributed by atoms with van der Waals surface area (Å²) >= 11 is 0. The second kappa shape index (κ2) is 7.97. The summed E-state index contributed by atoms with van der Waals surface area (Å²) in [6.07, 6.45) is 0. The maximum Gasteiger partial charge on any atom is 0.241 e. The molecule has 0 spiro atoms. The van der Waals surface area contributed by atoms with E-state index in [-0.39, 0.29) is 35.6 Å². The van der Waals surface area contributed by atoms with Gasteiger partial charge in [0.25, 0.3) is 0 Å². The molecule has 2 rings (SSSR count). The van der Waals surface area contributed by atoms with Crippen LogP contribution >= 0.6 is 0 Å². The van der Waals surface area contributed by atoms with Crippen molar-refractivity contribution >= 4 is 21.7 Å². The smallest absolute Gasteiger partial charge is 0.241 e. The summed E-state index contributed by atoms with van der Waals surface area (Å²) in [6, 6.07) is 7.79. The fourth-order valence-corrected chi connectivity index (χ4v) is 4.17. The Morgan fingerprint density at radius 3 is 2.36 bits per heavy atom. The predicted molar refractivity (Wildman–Crippen MR) is 94.8 cm³/mol. The van der Waals surface area contributed by atoms with Crippen LogP contribution in [0.25, 0.3) is 0 Å². The second-order valence-corrected chi connectivity index (χ2v) is 8.49. The van der Waals surface area contributed by atoms with Crippen molar-refractivity contribution in [1.82, 2.24) is 14.7 Å². The average molecular weight is 367 g/mol. The minimum Gasteiger partial charge on any atom is -0.347 e. The van der Waals surface area contributed by atoms with E-state index in [2.05, 4.69) is 0 Å². The van der Waals surface area contributed by atoms with Gasteiger partial charge >= 0.3 is 0 Å². The van der Waals surface area contributed by atoms with E-state index in [0.717, 1.165) is 0 Å². The zero-order chi connectivity index (χ0) is 18.6. The Labute approximate surface area is 149 Å². The lowest BCUT2D eigenvalue weighted by atomic mass is 10.1. The van der Waals surface area contributed by atoms with E-state index < -0.39 is 15.9 Å². The van der Waals surface area contributed by atoms with Crippen LogP contribution in [0, 0.1) is 0 Å². The fourth-order valence-electron chi connectivity index (χ4n) is 2.89. The Kier molecular flexibility index (Phi) is 6.18. The maximum absolute atomic E-state index is 12.5. The van der Waals surface area contributed by atoms with Gasteiger partial charge in [-0.3, -0.25) is 14.5 Å². The van der Waals surface area contributed by atoms with Gasteiger partial charge in [-0.2, -0.15) is 0 Å². The van der Waals surface area contributed by atoms with Gasteiger partial charge in [0.05, 0.1) is 10.6 Å². The van der Waals surface area contributed by atoms with Gasteiger partial charge in [-0.05, 0) is 12.1 Å². The first-order chi connectivity index (χ1) is 11.7. The van der Waals surface area contributed by atoms with Gasteiger partial charge in [0.2, 0.25) is 11.8 Å². The molecule has 0 aromatic heterocycles. The molecule has 1 aromatic rings. The molecule has 1 aliphatic rings. The van der Waals surface area contributed by atoms with Crippen LogP contribution in [0.2, 0.25) is 0 Å². The third-order valence-corrected chi connectivity index (χ3v) is 6.12. The predicted octanol–water partition coefficient (Wildman–Crippen LogP) is 0.0812. The Bertz CT molecular complexity index is 719. The summed E-state index contributed by atoms with van der Waals surface area (Å²) < 4.78 is 24.9. The van der Waals surface area contributed by atoms with Crippen LogP contribution in [0.3, 0.4) is 0 Å². The molecule has 1 saturated heterocycles. The third kappa shape index (κ3) is 4.79. The highest BCUT2D eigenvalue weighted by atomic mass is 32.2. The van der Waals surface area contributed by atoms with Gasteiger partial charge in [0.15, 0.2) is 9.84 Å². The van der Waals surface area contributed by atoms with Gasteiger partial charge in [-0.25, -0.2) is 8.42 Å². The third-order valence-electron chi connectivity index (χ3n) is 4.41. The van der Waals surface area contributed by atoms with E-state index in [1.54, 1.807) is 49.3 Å². The molecule has 7 nitrogen and oxygen atoms in total. The summed E-state index contributed by atoms with van der Waals surface area (Å²) in [5, 5.41) is 0. The van der Waals surface area contributed by atoms with Crippen LogP contribution in [0.15, 0.2) is 35.2 Å². The summed E-state index contributed by atoms with van der Waals surface area (Å²) in [5.74, 6) is -0.259. The molecule has 2 amide bonds. The van der Waals surface area contributed by atoms with Crippen molar-refractivity contribution in [3.8, 4) is 0 Å². The molecule has 1 aliphatic heterocycles. The van der Waals surface area contributed by atoms with Gasteiger partial charge < -0.3 is 9.80 Å². The standard InChI is InChI=1S/C17H25N3O4S/c1-14(21)20-10-9-19(16(13-20)17(22)18(2)3)11-12-25(23,24)15-7-5-4-6-8-15/h4-8,16H,9-13H2,1-3H3/t16-/m1/s1. The highest BCUT2D eigenvalue weighted by Crippen LogP contribution is 2.15. The minimum absolute atomic E-state index is 0.0612. The van der Waals surface area contributed by atoms with Crippen LogP contribution in [-0.4, -0.2) is 87.0 Å². The number of rotatable bonds is 5. The van der Waals surface area contributed by atoms with E-state index >= 15 is 0 Å². The van der Waals surface area contributed by atoms with E-state index in [1.165, 1.54) is 11.8 Å². The van der Waals surface area contributed by atoms with Gasteiger partial charge in [-0.1, -0.05) is 18.2 Å². The van der Waals surface area contributed by atoms with Crippen molar-refractivity contribution in [3.05, 3.63) is 30.3 Å². The molecule has 1 heterocycles. The van der Waals surface area contributed by atoms with E-state index in [0.29, 0.717) is 13.1 Å². The number of benzene rings is 1. The molecule has 1 aromatic carbocycles. The topological polar surface area (TPSA) is 78.0 Å². The highest BCUT2D eigenvalue weighted by molar-refractivity contribution is 7.91. The lowest BCUT2D eigenvalue weighted by Gasteiger charge is -2.41. The average Bonchev–Trinajstić information content (AvgIpc) is 2.59. The Morgan fingerprint density at radius 1 is 1.16 bits per heavy atom. The summed E-state index contributed by atoms with van der Waals surface area (Å²) in [7, 11) is -0.0847. The first-order valence-electron chi connectivity index (χ1n) is 8.21. The van der Waals surface area contributed by atoms with Crippen LogP contribution in [0.1, 0.15) is 6.92 Å². The number of hydrogen-bond donors (Lipinski definition) is 0. The maximum atomic E-state index is 12.5. The second-order valence-electron chi connectivity index (χ2n) is 6.38. The van der Waals surface area contributed by atoms with E-state index in [1.807, 2.05) is 4.90 Å². The van der Waals surface area contributed by atoms with Gasteiger partial charge in [0.1, 0.15) is 6.04 Å². The normalized spacial score (nSPS) is 18.8. The first-order valence-corrected chi connectivity index (χ1v) is 9.86. The van der Waals surface area contributed by atoms with Gasteiger partial charge in [0, 0.05) is 47.2 Å². The number of likely N-dealkylation sites (N-methyl/N-ethyl adjacent to an activating group) is 1. The molecule has 0 aliphatic carbocycles. The van der Waals surface area contributed by atoms with Crippen LogP contribution in [-0.2, 0) is 19.4 Å². The van der Waals surface area contributed by atoms with E-state index in [4.69, 9.17) is 0 Å². The lowest BCUT2D eigenvalue weighted by molar-refractivity contribution is -0.141. The van der Waals surface area contributed by atoms with E-state index in [9.17, 15) is 18.0 Å². The molecule has 0 radical (unpaired) electrons. The number of amides is 2. The summed E-state index contributed by atoms with van der Waals surface area (Å²) in [6.45, 7) is 3.00. The number of hydrogen-bond acceptors (Lipinski definition) is 5. The monoisotopic (exact) mass is 367 g/mol. The molecule has 0 N–H and O–H groups in total. The van der Waals surface area contributed by atoms with Crippen molar-refractivity contribution in [3.63, 3.8) is 0 Å². The Hall–Kier alpha value is -1.93. The van der Waals surface area contributed by atoms with Crippen molar-refractivity contribution in [2.45, 2.75) is 17.9 Å². The summed E-state index contributed by atoms with van der Waals surface area (Å²) in [4.78, 5) is 29.4. The van der Waals surface area contributed by atoms with Crippen molar-refractivity contribution in [2.75, 3.05) is 46.0 Å². The fraction of sp³-hybridized carbons (Fsp3) is 0.529. The quantitative estimate of drug-likeness (QED) is 0.737. The molecular formula is C17H25N3O4S. The largest absolute Gasteiger partial charge is 0.347 e. The Morgan fingerprint density at radius 2 is 1.80 bits per heavy atom. The molecule has 0 unspecified atom stereocenters. The Balaban J connectivity index is 2.11. The molecule has 0 saturated carbocycles. The van der Waals surface area contributed by atoms with Crippen molar-refractivity contribution < 1.29 is 18.0 Å². The molecule has 1 fully saturated rings. The SMILES string of the molecule is CC(=O)N1CCN(CCS(=O)(=O)c2ccccc2)[C@@H](C(=O)N(C)C)C1. The van der Waals surface area contributed by atoms with Crippen molar-refractivity contribution in [1.29, 1.82) is 0 Å². The zero-order valence-corrected chi connectivity index (χ0v) is 15.7. The number of sulfone groups is 1. The molecule has 138 valence electrons. The lowest BCUT2D eigenvalue weighted by Crippen LogP contribution is -2.60. The highest BCUT2D eigenvalue weighted by Gasteiger charge is 2.34. The zero-order valence-electron chi connectivity index (χ0n) is 14.9. The van der Waals surface area contributed by atoms with Crippen LogP contribution in [0.4, 0.5) is 0 Å². The molecular weight excluding hydrogens is 342 g/mol. The minimum atomic E-state index is -3.41. The molecule has 25 heavy (non-hydrogen) atoms. The number of carbonyl (C=O) groups excluding carboxylic acids is 2. The van der Waals surface area contributed by atoms with Crippen molar-refractivity contribution in [2.24, 2.45) is 0 Å². The molecule has 1 atom stereocenters. The van der Waals surface area contributed by atoms with Gasteiger partial charge in [-0.15, -0.1) is 0 Å². The summed E-state index contributed by atoms with van der Waals surface area (Å²) in [5.41, 5.74) is 0. The molecule has 8 heteroatoms. The van der Waals surface area contributed by atoms with Crippen LogP contribution < -0.4 is 0 Å².